The minimum Gasteiger partial charge on any atom is -0.444 e. The molecule has 0 aromatic heterocycles. The molecular formula is C34H63N3O11S. The minimum absolute atomic E-state index is 0.123. The zero-order valence-corrected chi connectivity index (χ0v) is 32.4. The van der Waals surface area contributed by atoms with Crippen molar-refractivity contribution in [3.05, 3.63) is 0 Å². The van der Waals surface area contributed by atoms with E-state index in [-0.39, 0.29) is 31.1 Å². The molecule has 0 aromatic carbocycles. The number of amides is 3. The lowest BCUT2D eigenvalue weighted by molar-refractivity contribution is -0.119. The van der Waals surface area contributed by atoms with E-state index in [9.17, 15) is 32.7 Å². The molecule has 14 nitrogen and oxygen atoms in total. The van der Waals surface area contributed by atoms with E-state index in [4.69, 9.17) is 18.4 Å². The second-order valence-corrected chi connectivity index (χ2v) is 17.4. The first-order valence-electron chi connectivity index (χ1n) is 17.4. The first-order chi connectivity index (χ1) is 22.3. The molecule has 0 spiro atoms. The van der Waals surface area contributed by atoms with Crippen LogP contribution in [0, 0.1) is 0 Å². The van der Waals surface area contributed by atoms with E-state index in [1.54, 1.807) is 25.7 Å². The van der Waals surface area contributed by atoms with Crippen LogP contribution in [-0.4, -0.2) is 127 Å². The molecule has 2 atom stereocenters. The lowest BCUT2D eigenvalue weighted by atomic mass is 10.2. The van der Waals surface area contributed by atoms with E-state index in [2.05, 4.69) is 0 Å². The minimum atomic E-state index is -3.50. The van der Waals surface area contributed by atoms with Gasteiger partial charge in [-0.1, -0.05) is 0 Å². The Morgan fingerprint density at radius 2 is 1.06 bits per heavy atom. The first-order valence-corrected chi connectivity index (χ1v) is 19.2. The van der Waals surface area contributed by atoms with Crippen LogP contribution in [-0.2, 0) is 33.3 Å². The van der Waals surface area contributed by atoms with Gasteiger partial charge in [-0.15, -0.1) is 0 Å². The summed E-state index contributed by atoms with van der Waals surface area (Å²) in [5, 5.41) is 9.56. The third-order valence-corrected chi connectivity index (χ3v) is 7.66. The average Bonchev–Trinajstić information content (AvgIpc) is 3.37. The van der Waals surface area contributed by atoms with Gasteiger partial charge in [0.15, 0.2) is 5.78 Å². The van der Waals surface area contributed by atoms with Gasteiger partial charge in [0.05, 0.1) is 31.6 Å². The highest BCUT2D eigenvalue weighted by Crippen LogP contribution is 2.19. The Morgan fingerprint density at radius 1 is 0.653 bits per heavy atom. The number of ether oxygens (including phenoxy) is 3. The molecule has 286 valence electrons. The highest BCUT2D eigenvalue weighted by atomic mass is 32.2. The second kappa shape index (κ2) is 19.7. The van der Waals surface area contributed by atoms with Gasteiger partial charge < -0.3 is 34.0 Å². The summed E-state index contributed by atoms with van der Waals surface area (Å²) >= 11 is 0. The number of likely N-dealkylation sites (tertiary alicyclic amines) is 3. The van der Waals surface area contributed by atoms with Crippen molar-refractivity contribution in [1.29, 1.82) is 0 Å². The summed E-state index contributed by atoms with van der Waals surface area (Å²) in [5.74, 6) is 0.123. The molecule has 0 bridgehead atoms. The van der Waals surface area contributed by atoms with Gasteiger partial charge in [-0.2, -0.15) is 8.42 Å². The van der Waals surface area contributed by atoms with Gasteiger partial charge in [0.2, 0.25) is 0 Å². The smallest absolute Gasteiger partial charge is 0.410 e. The number of aliphatic hydroxyl groups is 1. The monoisotopic (exact) mass is 721 g/mol. The number of carbonyl (C=O) groups excluding carboxylic acids is 4. The van der Waals surface area contributed by atoms with Gasteiger partial charge in [-0.25, -0.2) is 14.4 Å². The summed E-state index contributed by atoms with van der Waals surface area (Å²) in [6.07, 6.45) is 6.34. The standard InChI is InChI=1S/C12H23NO5S.C11H21NO3.C11H19NO3/c1-12(2,3)17-11(14)13-8-6-5-7-10(9-13)18-19(4,15)16;2*1-11(2,3)15-10(14)12-7-5-4-6-9(13)8-12/h10H,5-9H2,1-4H3;9,13H,4-8H2,1-3H3;4-8H2,1-3H3. The molecule has 3 aliphatic heterocycles. The fraction of sp³-hybridized carbons (Fsp3) is 0.882. The number of hydrogen-bond donors (Lipinski definition) is 1. The Hall–Kier alpha value is -2.65. The lowest BCUT2D eigenvalue weighted by Gasteiger charge is -2.27. The number of carbonyl (C=O) groups is 4. The van der Waals surface area contributed by atoms with E-state index in [0.29, 0.717) is 39.0 Å². The van der Waals surface area contributed by atoms with Crippen molar-refractivity contribution in [2.45, 2.75) is 149 Å². The van der Waals surface area contributed by atoms with E-state index in [0.717, 1.165) is 51.2 Å². The van der Waals surface area contributed by atoms with E-state index >= 15 is 0 Å². The molecule has 0 aliphatic carbocycles. The number of nitrogens with zero attached hydrogens (tertiary/aromatic N) is 3. The molecule has 3 fully saturated rings. The number of Topliss-reactive ketones (excluding diaryl/α,β-unsaturated/α-hetero) is 1. The average molecular weight is 722 g/mol. The third-order valence-electron chi connectivity index (χ3n) is 7.04. The lowest BCUT2D eigenvalue weighted by Crippen LogP contribution is -2.41. The quantitative estimate of drug-likeness (QED) is 0.282. The summed E-state index contributed by atoms with van der Waals surface area (Å²) in [7, 11) is -3.50. The molecule has 2 unspecified atom stereocenters. The third kappa shape index (κ3) is 21.9. The number of β-amino-alcohol motifs (C(OH)–C–C–N with tert-alkyl or cyclic N) is 1. The molecule has 3 saturated heterocycles. The molecule has 0 saturated carbocycles. The van der Waals surface area contributed by atoms with Gasteiger partial charge in [0.1, 0.15) is 16.8 Å². The van der Waals surface area contributed by atoms with Crippen LogP contribution < -0.4 is 0 Å². The summed E-state index contributed by atoms with van der Waals surface area (Å²) < 4.78 is 43.1. The molecule has 49 heavy (non-hydrogen) atoms. The Kier molecular flexibility index (Phi) is 17.8. The maximum atomic E-state index is 12.0. The maximum Gasteiger partial charge on any atom is 0.410 e. The second-order valence-electron chi connectivity index (χ2n) is 15.8. The Morgan fingerprint density at radius 3 is 1.53 bits per heavy atom. The molecule has 3 heterocycles. The van der Waals surface area contributed by atoms with Crippen LogP contribution >= 0.6 is 0 Å². The predicted octanol–water partition coefficient (Wildman–Crippen LogP) is 5.50. The van der Waals surface area contributed by atoms with Gasteiger partial charge in [-0.3, -0.25) is 8.98 Å². The largest absolute Gasteiger partial charge is 0.444 e. The van der Waals surface area contributed by atoms with E-state index < -0.39 is 45.2 Å². The highest BCUT2D eigenvalue weighted by Gasteiger charge is 2.29. The first kappa shape index (κ1) is 44.4. The molecule has 1 N–H and O–H groups in total. The summed E-state index contributed by atoms with van der Waals surface area (Å²) in [4.78, 5) is 51.3. The van der Waals surface area contributed by atoms with Crippen molar-refractivity contribution in [2.24, 2.45) is 0 Å². The molecule has 3 amide bonds. The number of aliphatic hydroxyl groups excluding tert-OH is 1. The Balaban J connectivity index is 0.000000371. The van der Waals surface area contributed by atoms with Crippen molar-refractivity contribution in [2.75, 3.05) is 45.5 Å². The van der Waals surface area contributed by atoms with Crippen molar-refractivity contribution in [3.8, 4) is 0 Å². The van der Waals surface area contributed by atoms with Gasteiger partial charge >= 0.3 is 18.3 Å². The fourth-order valence-corrected chi connectivity index (χ4v) is 5.66. The molecule has 3 aliphatic rings. The predicted molar refractivity (Wildman–Crippen MR) is 186 cm³/mol. The van der Waals surface area contributed by atoms with Crippen LogP contribution in [0.15, 0.2) is 0 Å². The number of rotatable bonds is 2. The molecule has 15 heteroatoms. The Labute approximate surface area is 294 Å². The van der Waals surface area contributed by atoms with Crippen LogP contribution in [0.25, 0.3) is 0 Å². The fourth-order valence-electron chi connectivity index (χ4n) is 5.01. The molecule has 0 aromatic rings. The van der Waals surface area contributed by atoms with Crippen molar-refractivity contribution < 1.29 is 51.1 Å². The summed E-state index contributed by atoms with van der Waals surface area (Å²) in [6.45, 7) is 19.1. The van der Waals surface area contributed by atoms with Crippen LogP contribution in [0.5, 0.6) is 0 Å². The molecular weight excluding hydrogens is 658 g/mol. The SMILES string of the molecule is CC(C)(C)OC(=O)N1CCCCC(=O)C1.CC(C)(C)OC(=O)N1CCCCC(O)C1.CC(C)(C)OC(=O)N1CCCCC(OS(C)(=O)=O)C1. The van der Waals surface area contributed by atoms with Gasteiger partial charge in [0, 0.05) is 32.6 Å². The topological polar surface area (TPSA) is 169 Å². The van der Waals surface area contributed by atoms with E-state index in [1.165, 1.54) is 9.80 Å². The number of ketones is 1. The van der Waals surface area contributed by atoms with Crippen LogP contribution in [0.3, 0.4) is 0 Å². The normalized spacial score (nSPS) is 21.4. The maximum absolute atomic E-state index is 12.0. The zero-order valence-electron chi connectivity index (χ0n) is 31.5. The zero-order chi connectivity index (χ0) is 37.6. The Bertz CT molecular complexity index is 1170. The van der Waals surface area contributed by atoms with Crippen molar-refractivity contribution >= 4 is 34.2 Å². The van der Waals surface area contributed by atoms with E-state index in [1.807, 2.05) is 41.5 Å². The number of hydrogen-bond acceptors (Lipinski definition) is 11. The summed E-state index contributed by atoms with van der Waals surface area (Å²) in [6, 6.07) is 0. The van der Waals surface area contributed by atoms with Gasteiger partial charge in [-0.05, 0) is 114 Å². The van der Waals surface area contributed by atoms with Crippen molar-refractivity contribution in [3.63, 3.8) is 0 Å². The molecule has 0 radical (unpaired) electrons. The van der Waals surface area contributed by atoms with Crippen LogP contribution in [0.1, 0.15) is 120 Å². The van der Waals surface area contributed by atoms with Crippen LogP contribution in [0.4, 0.5) is 14.4 Å². The molecule has 3 rings (SSSR count). The van der Waals surface area contributed by atoms with Crippen LogP contribution in [0.2, 0.25) is 0 Å². The van der Waals surface area contributed by atoms with Gasteiger partial charge in [0.25, 0.3) is 10.1 Å². The highest BCUT2D eigenvalue weighted by molar-refractivity contribution is 7.86. The summed E-state index contributed by atoms with van der Waals surface area (Å²) in [5.41, 5.74) is -1.52. The van der Waals surface area contributed by atoms with Crippen molar-refractivity contribution in [1.82, 2.24) is 14.7 Å².